The van der Waals surface area contributed by atoms with E-state index in [1.165, 1.54) is 7.11 Å². The summed E-state index contributed by atoms with van der Waals surface area (Å²) in [5.74, 6) is 0.747. The molecule has 0 bridgehead atoms. The molecule has 5 heteroatoms. The molecule has 0 aliphatic rings. The lowest BCUT2D eigenvalue weighted by Gasteiger charge is -2.14. The second kappa shape index (κ2) is 8.02. The van der Waals surface area contributed by atoms with Crippen molar-refractivity contribution in [2.75, 3.05) is 20.3 Å². The first-order valence-electron chi connectivity index (χ1n) is 6.22. The average Bonchev–Trinajstić information content (AvgIpc) is 2.38. The van der Waals surface area contributed by atoms with Gasteiger partial charge in [0.25, 0.3) is 0 Å². The van der Waals surface area contributed by atoms with Gasteiger partial charge in [0.1, 0.15) is 5.75 Å². The van der Waals surface area contributed by atoms with Gasteiger partial charge >= 0.3 is 5.97 Å². The van der Waals surface area contributed by atoms with Gasteiger partial charge in [-0.15, -0.1) is 0 Å². The van der Waals surface area contributed by atoms with Crippen LogP contribution in [0.25, 0.3) is 0 Å². The van der Waals surface area contributed by atoms with Crippen molar-refractivity contribution >= 4 is 17.6 Å². The van der Waals surface area contributed by atoms with Gasteiger partial charge in [0.15, 0.2) is 6.61 Å². The summed E-state index contributed by atoms with van der Waals surface area (Å²) in [7, 11) is 1.33. The molecular weight excluding hydrogens is 266 g/mol. The normalized spacial score (nSPS) is 10.6. The highest BCUT2D eigenvalue weighted by Crippen LogP contribution is 2.26. The molecule has 0 radical (unpaired) electrons. The highest BCUT2D eigenvalue weighted by atomic mass is 35.5. The fourth-order valence-corrected chi connectivity index (χ4v) is 1.76. The molecule has 0 atom stereocenters. The van der Waals surface area contributed by atoms with Gasteiger partial charge in [-0.1, -0.05) is 31.5 Å². The van der Waals surface area contributed by atoms with Crippen LogP contribution in [0.5, 0.6) is 5.75 Å². The van der Waals surface area contributed by atoms with Crippen LogP contribution in [0, 0.1) is 5.92 Å². The van der Waals surface area contributed by atoms with E-state index in [0.717, 1.165) is 12.1 Å². The smallest absolute Gasteiger partial charge is 0.343 e. The maximum Gasteiger partial charge on any atom is 0.343 e. The number of halogens is 1. The second-order valence-electron chi connectivity index (χ2n) is 4.61. The molecule has 0 spiro atoms. The topological polar surface area (TPSA) is 47.6 Å². The Kier molecular flexibility index (Phi) is 6.67. The molecule has 0 amide bonds. The molecule has 1 rings (SSSR count). The number of rotatable bonds is 7. The summed E-state index contributed by atoms with van der Waals surface area (Å²) < 4.78 is 9.97. The van der Waals surface area contributed by atoms with Crippen molar-refractivity contribution in [3.63, 3.8) is 0 Å². The van der Waals surface area contributed by atoms with Gasteiger partial charge in [-0.05, 0) is 24.6 Å². The zero-order chi connectivity index (χ0) is 14.3. The predicted molar refractivity (Wildman–Crippen MR) is 75.5 cm³/mol. The van der Waals surface area contributed by atoms with Gasteiger partial charge < -0.3 is 14.8 Å². The van der Waals surface area contributed by atoms with E-state index in [9.17, 15) is 4.79 Å². The molecule has 0 unspecified atom stereocenters. The van der Waals surface area contributed by atoms with Gasteiger partial charge in [-0.3, -0.25) is 0 Å². The number of ether oxygens (including phenoxy) is 2. The average molecular weight is 286 g/mol. The SMILES string of the molecule is COC(=O)COc1cccc(Cl)c1CNCC(C)C. The minimum absolute atomic E-state index is 0.117. The molecule has 19 heavy (non-hydrogen) atoms. The zero-order valence-corrected chi connectivity index (χ0v) is 12.3. The first-order chi connectivity index (χ1) is 9.04. The molecule has 0 saturated carbocycles. The number of carbonyl (C=O) groups is 1. The van der Waals surface area contributed by atoms with Gasteiger partial charge in [0, 0.05) is 17.1 Å². The fraction of sp³-hybridized carbons (Fsp3) is 0.500. The summed E-state index contributed by atoms with van der Waals surface area (Å²) in [6.45, 7) is 5.65. The Bertz CT molecular complexity index is 421. The van der Waals surface area contributed by atoms with Gasteiger partial charge in [0.05, 0.1) is 7.11 Å². The Labute approximate surface area is 119 Å². The minimum Gasteiger partial charge on any atom is -0.482 e. The van der Waals surface area contributed by atoms with Crippen LogP contribution >= 0.6 is 11.6 Å². The van der Waals surface area contributed by atoms with Gasteiger partial charge in [-0.2, -0.15) is 0 Å². The standard InChI is InChI=1S/C14H20ClNO3/c1-10(2)7-16-8-11-12(15)5-4-6-13(11)19-9-14(17)18-3/h4-6,10,16H,7-9H2,1-3H3. The summed E-state index contributed by atoms with van der Waals surface area (Å²) in [4.78, 5) is 11.1. The lowest BCUT2D eigenvalue weighted by molar-refractivity contribution is -0.142. The molecule has 0 saturated heterocycles. The number of nitrogens with one attached hydrogen (secondary N) is 1. The monoisotopic (exact) mass is 285 g/mol. The molecule has 0 aliphatic heterocycles. The Balaban J connectivity index is 2.68. The van der Waals surface area contributed by atoms with Crippen LogP contribution < -0.4 is 10.1 Å². The summed E-state index contributed by atoms with van der Waals surface area (Å²) in [6, 6.07) is 5.39. The van der Waals surface area contributed by atoms with Crippen LogP contribution in [0.1, 0.15) is 19.4 Å². The van der Waals surface area contributed by atoms with Crippen molar-refractivity contribution in [1.29, 1.82) is 0 Å². The Morgan fingerprint density at radius 1 is 1.42 bits per heavy atom. The number of hydrogen-bond acceptors (Lipinski definition) is 4. The van der Waals surface area contributed by atoms with Gasteiger partial charge in [-0.25, -0.2) is 4.79 Å². The fourth-order valence-electron chi connectivity index (χ4n) is 1.53. The van der Waals surface area contributed by atoms with Crippen molar-refractivity contribution in [3.05, 3.63) is 28.8 Å². The largest absolute Gasteiger partial charge is 0.482 e. The maximum atomic E-state index is 11.1. The van der Waals surface area contributed by atoms with Crippen LogP contribution in [-0.4, -0.2) is 26.2 Å². The quantitative estimate of drug-likeness (QED) is 0.783. The first kappa shape index (κ1) is 15.8. The summed E-state index contributed by atoms with van der Waals surface area (Å²) in [5, 5.41) is 3.93. The number of hydrogen-bond donors (Lipinski definition) is 1. The third kappa shape index (κ3) is 5.49. The molecule has 1 aromatic rings. The first-order valence-corrected chi connectivity index (χ1v) is 6.60. The van der Waals surface area contributed by atoms with E-state index in [-0.39, 0.29) is 6.61 Å². The van der Waals surface area contributed by atoms with Gasteiger partial charge in [0.2, 0.25) is 0 Å². The Morgan fingerprint density at radius 2 is 2.16 bits per heavy atom. The molecular formula is C14H20ClNO3. The maximum absolute atomic E-state index is 11.1. The lowest BCUT2D eigenvalue weighted by atomic mass is 10.1. The van der Waals surface area contributed by atoms with E-state index in [1.54, 1.807) is 18.2 Å². The summed E-state index contributed by atoms with van der Waals surface area (Å²) in [6.07, 6.45) is 0. The highest BCUT2D eigenvalue weighted by Gasteiger charge is 2.10. The molecule has 4 nitrogen and oxygen atoms in total. The molecule has 0 aliphatic carbocycles. The number of carbonyl (C=O) groups excluding carboxylic acids is 1. The van der Waals surface area contributed by atoms with Crippen LogP contribution in [0.3, 0.4) is 0 Å². The molecule has 0 heterocycles. The Morgan fingerprint density at radius 3 is 2.79 bits per heavy atom. The van der Waals surface area contributed by atoms with Crippen molar-refractivity contribution in [2.45, 2.75) is 20.4 Å². The molecule has 1 aromatic carbocycles. The van der Waals surface area contributed by atoms with E-state index in [1.807, 2.05) is 0 Å². The van der Waals surface area contributed by atoms with Crippen LogP contribution in [0.4, 0.5) is 0 Å². The van der Waals surface area contributed by atoms with E-state index in [2.05, 4.69) is 23.9 Å². The molecule has 0 aromatic heterocycles. The molecule has 1 N–H and O–H groups in total. The van der Waals surface area contributed by atoms with Crippen molar-refractivity contribution in [1.82, 2.24) is 5.32 Å². The highest BCUT2D eigenvalue weighted by molar-refractivity contribution is 6.31. The Hall–Kier alpha value is -1.26. The van der Waals surface area contributed by atoms with Crippen molar-refractivity contribution in [3.8, 4) is 5.75 Å². The van der Waals surface area contributed by atoms with E-state index < -0.39 is 5.97 Å². The molecule has 106 valence electrons. The van der Waals surface area contributed by atoms with Crippen molar-refractivity contribution < 1.29 is 14.3 Å². The second-order valence-corrected chi connectivity index (χ2v) is 5.01. The third-order valence-corrected chi connectivity index (χ3v) is 2.86. The summed E-state index contributed by atoms with van der Waals surface area (Å²) in [5.41, 5.74) is 0.855. The van der Waals surface area contributed by atoms with E-state index in [0.29, 0.717) is 23.2 Å². The number of esters is 1. The predicted octanol–water partition coefficient (Wildman–Crippen LogP) is 2.64. The van der Waals surface area contributed by atoms with Crippen LogP contribution in [0.15, 0.2) is 18.2 Å². The van der Waals surface area contributed by atoms with Crippen LogP contribution in [0.2, 0.25) is 5.02 Å². The molecule has 0 fully saturated rings. The minimum atomic E-state index is -0.416. The summed E-state index contributed by atoms with van der Waals surface area (Å²) >= 11 is 6.16. The van der Waals surface area contributed by atoms with E-state index >= 15 is 0 Å². The van der Waals surface area contributed by atoms with Crippen LogP contribution in [-0.2, 0) is 16.1 Å². The number of benzene rings is 1. The number of methoxy groups -OCH3 is 1. The van der Waals surface area contributed by atoms with Crippen molar-refractivity contribution in [2.24, 2.45) is 5.92 Å². The third-order valence-electron chi connectivity index (χ3n) is 2.50. The zero-order valence-electron chi connectivity index (χ0n) is 11.5. The lowest BCUT2D eigenvalue weighted by Crippen LogP contribution is -2.20. The van der Waals surface area contributed by atoms with E-state index in [4.69, 9.17) is 16.3 Å².